The second kappa shape index (κ2) is 6.71. The van der Waals surface area contributed by atoms with E-state index >= 15 is 0 Å². The lowest BCUT2D eigenvalue weighted by atomic mass is 9.98. The minimum atomic E-state index is -0.481. The molecule has 1 heterocycles. The largest absolute Gasteiger partial charge is 0.388 e. The standard InChI is InChI=1S/C17H24N2O/c1-4-9-19-12-16(11-18-19)17(20)10-14-5-7-15(8-6-14)13(2)3/h5-8,11-13,17,20H,4,9-10H2,1-3H3. The molecule has 0 aliphatic rings. The van der Waals surface area contributed by atoms with Crippen molar-refractivity contribution in [3.8, 4) is 0 Å². The van der Waals surface area contributed by atoms with Gasteiger partial charge in [0, 0.05) is 24.7 Å². The van der Waals surface area contributed by atoms with E-state index in [1.54, 1.807) is 6.20 Å². The maximum atomic E-state index is 10.3. The molecule has 2 aromatic rings. The van der Waals surface area contributed by atoms with Crippen LogP contribution in [0.25, 0.3) is 0 Å². The molecule has 1 aromatic carbocycles. The molecule has 0 aliphatic heterocycles. The molecule has 0 amide bonds. The molecule has 1 aromatic heterocycles. The summed E-state index contributed by atoms with van der Waals surface area (Å²) in [6.45, 7) is 7.39. The number of aliphatic hydroxyl groups is 1. The van der Waals surface area contributed by atoms with Crippen LogP contribution in [0.2, 0.25) is 0 Å². The number of aryl methyl sites for hydroxylation is 1. The first-order valence-corrected chi connectivity index (χ1v) is 7.39. The van der Waals surface area contributed by atoms with Crippen LogP contribution < -0.4 is 0 Å². The van der Waals surface area contributed by atoms with Gasteiger partial charge < -0.3 is 5.11 Å². The summed E-state index contributed by atoms with van der Waals surface area (Å²) in [6.07, 6.45) is 4.91. The van der Waals surface area contributed by atoms with E-state index in [9.17, 15) is 5.11 Å². The van der Waals surface area contributed by atoms with Crippen LogP contribution in [0.15, 0.2) is 36.7 Å². The fourth-order valence-corrected chi connectivity index (χ4v) is 2.28. The zero-order valence-electron chi connectivity index (χ0n) is 12.6. The van der Waals surface area contributed by atoms with Crippen LogP contribution in [0.3, 0.4) is 0 Å². The number of nitrogens with zero attached hydrogens (tertiary/aromatic N) is 2. The third-order valence-corrected chi connectivity index (χ3v) is 3.57. The van der Waals surface area contributed by atoms with Crippen LogP contribution in [0.1, 0.15) is 55.9 Å². The van der Waals surface area contributed by atoms with Crippen molar-refractivity contribution in [2.45, 2.75) is 52.2 Å². The van der Waals surface area contributed by atoms with E-state index < -0.39 is 6.10 Å². The van der Waals surface area contributed by atoms with Crippen LogP contribution in [-0.4, -0.2) is 14.9 Å². The molecular formula is C17H24N2O. The third kappa shape index (κ3) is 3.70. The Morgan fingerprint density at radius 3 is 2.45 bits per heavy atom. The summed E-state index contributed by atoms with van der Waals surface area (Å²) < 4.78 is 1.89. The minimum absolute atomic E-state index is 0.481. The number of rotatable bonds is 6. The first-order valence-electron chi connectivity index (χ1n) is 7.39. The maximum absolute atomic E-state index is 10.3. The maximum Gasteiger partial charge on any atom is 0.0860 e. The molecule has 0 radical (unpaired) electrons. The summed E-state index contributed by atoms with van der Waals surface area (Å²) >= 11 is 0. The molecule has 20 heavy (non-hydrogen) atoms. The Labute approximate surface area is 121 Å². The van der Waals surface area contributed by atoms with Gasteiger partial charge in [-0.25, -0.2) is 0 Å². The highest BCUT2D eigenvalue weighted by molar-refractivity contribution is 5.26. The number of hydrogen-bond donors (Lipinski definition) is 1. The molecule has 0 saturated heterocycles. The predicted octanol–water partition coefficient (Wildman–Crippen LogP) is 3.69. The summed E-state index contributed by atoms with van der Waals surface area (Å²) in [7, 11) is 0. The highest BCUT2D eigenvalue weighted by Crippen LogP contribution is 2.20. The van der Waals surface area contributed by atoms with E-state index in [1.165, 1.54) is 5.56 Å². The van der Waals surface area contributed by atoms with Crippen molar-refractivity contribution in [1.82, 2.24) is 9.78 Å². The Hall–Kier alpha value is -1.61. The average Bonchev–Trinajstić information content (AvgIpc) is 2.88. The smallest absolute Gasteiger partial charge is 0.0860 e. The molecule has 0 fully saturated rings. The summed E-state index contributed by atoms with van der Waals surface area (Å²) in [5.74, 6) is 0.543. The summed E-state index contributed by atoms with van der Waals surface area (Å²) in [5.41, 5.74) is 3.38. The Balaban J connectivity index is 2.00. The Morgan fingerprint density at radius 2 is 1.85 bits per heavy atom. The normalized spacial score (nSPS) is 12.8. The molecule has 1 N–H and O–H groups in total. The first kappa shape index (κ1) is 14.8. The zero-order valence-corrected chi connectivity index (χ0v) is 12.6. The van der Waals surface area contributed by atoms with Gasteiger partial charge in [-0.3, -0.25) is 4.68 Å². The van der Waals surface area contributed by atoms with Crippen LogP contribution in [0.4, 0.5) is 0 Å². The number of aromatic nitrogens is 2. The fraction of sp³-hybridized carbons (Fsp3) is 0.471. The Morgan fingerprint density at radius 1 is 1.15 bits per heavy atom. The van der Waals surface area contributed by atoms with Crippen molar-refractivity contribution in [3.05, 3.63) is 53.3 Å². The SMILES string of the molecule is CCCn1cc(C(O)Cc2ccc(C(C)C)cc2)cn1. The van der Waals surface area contributed by atoms with Crippen LogP contribution in [0, 0.1) is 0 Å². The molecule has 3 nitrogen and oxygen atoms in total. The summed E-state index contributed by atoms with van der Waals surface area (Å²) in [5, 5.41) is 14.5. The lowest BCUT2D eigenvalue weighted by Gasteiger charge is -2.10. The van der Waals surface area contributed by atoms with Gasteiger partial charge in [-0.05, 0) is 23.5 Å². The van der Waals surface area contributed by atoms with E-state index in [0.29, 0.717) is 12.3 Å². The van der Waals surface area contributed by atoms with Crippen LogP contribution >= 0.6 is 0 Å². The van der Waals surface area contributed by atoms with E-state index in [0.717, 1.165) is 24.1 Å². The van der Waals surface area contributed by atoms with Crippen LogP contribution in [-0.2, 0) is 13.0 Å². The summed E-state index contributed by atoms with van der Waals surface area (Å²) in [4.78, 5) is 0. The molecule has 0 spiro atoms. The van der Waals surface area contributed by atoms with Crippen LogP contribution in [0.5, 0.6) is 0 Å². The van der Waals surface area contributed by atoms with Crippen molar-refractivity contribution < 1.29 is 5.11 Å². The highest BCUT2D eigenvalue weighted by atomic mass is 16.3. The van der Waals surface area contributed by atoms with Gasteiger partial charge in [0.2, 0.25) is 0 Å². The van der Waals surface area contributed by atoms with Gasteiger partial charge in [-0.2, -0.15) is 5.10 Å². The monoisotopic (exact) mass is 272 g/mol. The fourth-order valence-electron chi connectivity index (χ4n) is 2.28. The average molecular weight is 272 g/mol. The van der Waals surface area contributed by atoms with E-state index in [4.69, 9.17) is 0 Å². The van der Waals surface area contributed by atoms with E-state index in [1.807, 2.05) is 10.9 Å². The number of aliphatic hydroxyl groups excluding tert-OH is 1. The van der Waals surface area contributed by atoms with Gasteiger partial charge in [0.05, 0.1) is 12.3 Å². The number of hydrogen-bond acceptors (Lipinski definition) is 2. The topological polar surface area (TPSA) is 38.0 Å². The zero-order chi connectivity index (χ0) is 14.5. The third-order valence-electron chi connectivity index (χ3n) is 3.57. The van der Waals surface area contributed by atoms with Gasteiger partial charge in [0.1, 0.15) is 0 Å². The highest BCUT2D eigenvalue weighted by Gasteiger charge is 2.11. The Kier molecular flexibility index (Phi) is 4.96. The predicted molar refractivity (Wildman–Crippen MR) is 81.7 cm³/mol. The molecule has 0 saturated carbocycles. The second-order valence-corrected chi connectivity index (χ2v) is 5.65. The van der Waals surface area contributed by atoms with E-state index in [-0.39, 0.29) is 0 Å². The minimum Gasteiger partial charge on any atom is -0.388 e. The molecule has 1 atom stereocenters. The van der Waals surface area contributed by atoms with Crippen molar-refractivity contribution in [2.75, 3.05) is 0 Å². The number of benzene rings is 1. The van der Waals surface area contributed by atoms with Gasteiger partial charge in [-0.1, -0.05) is 45.0 Å². The molecule has 108 valence electrons. The molecule has 3 heteroatoms. The van der Waals surface area contributed by atoms with Gasteiger partial charge in [-0.15, -0.1) is 0 Å². The van der Waals surface area contributed by atoms with E-state index in [2.05, 4.69) is 50.1 Å². The van der Waals surface area contributed by atoms with Gasteiger partial charge in [0.15, 0.2) is 0 Å². The Bertz CT molecular complexity index is 528. The molecular weight excluding hydrogens is 248 g/mol. The van der Waals surface area contributed by atoms with Gasteiger partial charge >= 0.3 is 0 Å². The molecule has 2 rings (SSSR count). The molecule has 0 aliphatic carbocycles. The molecule has 0 bridgehead atoms. The van der Waals surface area contributed by atoms with Crippen molar-refractivity contribution >= 4 is 0 Å². The summed E-state index contributed by atoms with van der Waals surface area (Å²) in [6, 6.07) is 8.50. The van der Waals surface area contributed by atoms with Crippen molar-refractivity contribution in [1.29, 1.82) is 0 Å². The van der Waals surface area contributed by atoms with Crippen molar-refractivity contribution in [3.63, 3.8) is 0 Å². The molecule has 1 unspecified atom stereocenters. The van der Waals surface area contributed by atoms with Crippen molar-refractivity contribution in [2.24, 2.45) is 0 Å². The second-order valence-electron chi connectivity index (χ2n) is 5.65. The first-order chi connectivity index (χ1) is 9.60. The van der Waals surface area contributed by atoms with Gasteiger partial charge in [0.25, 0.3) is 0 Å². The lowest BCUT2D eigenvalue weighted by molar-refractivity contribution is 0.178. The lowest BCUT2D eigenvalue weighted by Crippen LogP contribution is -2.01. The quantitative estimate of drug-likeness (QED) is 0.871.